The number of hydrogen-bond acceptors (Lipinski definition) is 3. The molecule has 0 unspecified atom stereocenters. The van der Waals surface area contributed by atoms with Gasteiger partial charge in [0.25, 0.3) is 0 Å². The summed E-state index contributed by atoms with van der Waals surface area (Å²) in [5.41, 5.74) is 6.13. The van der Waals surface area contributed by atoms with Crippen molar-refractivity contribution in [3.05, 3.63) is 42.0 Å². The summed E-state index contributed by atoms with van der Waals surface area (Å²) in [4.78, 5) is 11.9. The average Bonchev–Trinajstić information content (AvgIpc) is 2.33. The van der Waals surface area contributed by atoms with E-state index in [-0.39, 0.29) is 5.78 Å². The molecular formula is C13H15NO2. The van der Waals surface area contributed by atoms with E-state index < -0.39 is 5.54 Å². The van der Waals surface area contributed by atoms with Crippen LogP contribution in [0.5, 0.6) is 5.75 Å². The first-order valence-electron chi connectivity index (χ1n) is 5.31. The fourth-order valence-corrected chi connectivity index (χ4v) is 1.96. The van der Waals surface area contributed by atoms with Crippen molar-refractivity contribution in [1.82, 2.24) is 0 Å². The zero-order valence-corrected chi connectivity index (χ0v) is 9.27. The molecule has 3 nitrogen and oxygen atoms in total. The number of hydrogen-bond donors (Lipinski definition) is 1. The molecule has 16 heavy (non-hydrogen) atoms. The van der Waals surface area contributed by atoms with E-state index in [0.29, 0.717) is 6.42 Å². The molecule has 1 aromatic carbocycles. The van der Waals surface area contributed by atoms with Crippen molar-refractivity contribution >= 4 is 5.78 Å². The molecule has 0 aliphatic heterocycles. The fourth-order valence-electron chi connectivity index (χ4n) is 1.96. The minimum absolute atomic E-state index is 0.0352. The van der Waals surface area contributed by atoms with Gasteiger partial charge >= 0.3 is 0 Å². The Morgan fingerprint density at radius 1 is 1.44 bits per heavy atom. The van der Waals surface area contributed by atoms with Gasteiger partial charge in [-0.2, -0.15) is 0 Å². The third kappa shape index (κ3) is 1.74. The molecule has 0 amide bonds. The lowest BCUT2D eigenvalue weighted by Gasteiger charge is -2.29. The maximum absolute atomic E-state index is 11.9. The highest BCUT2D eigenvalue weighted by molar-refractivity contribution is 5.99. The smallest absolute Gasteiger partial charge is 0.179 e. The van der Waals surface area contributed by atoms with Crippen LogP contribution in [0.1, 0.15) is 18.4 Å². The SMILES string of the molecule is COc1cccc([C@]2(N)CCC=CC2=O)c1. The van der Waals surface area contributed by atoms with Gasteiger partial charge in [-0.15, -0.1) is 0 Å². The highest BCUT2D eigenvalue weighted by atomic mass is 16.5. The Morgan fingerprint density at radius 3 is 2.94 bits per heavy atom. The molecule has 0 aromatic heterocycles. The Bertz CT molecular complexity index is 439. The second-order valence-corrected chi connectivity index (χ2v) is 4.01. The van der Waals surface area contributed by atoms with Gasteiger partial charge in [-0.05, 0) is 36.6 Å². The van der Waals surface area contributed by atoms with Crippen LogP contribution in [0.25, 0.3) is 0 Å². The molecule has 1 aliphatic carbocycles. The second kappa shape index (κ2) is 4.10. The summed E-state index contributed by atoms with van der Waals surface area (Å²) in [7, 11) is 1.60. The third-order valence-electron chi connectivity index (χ3n) is 3.00. The number of ketones is 1. The summed E-state index contributed by atoms with van der Waals surface area (Å²) < 4.78 is 5.14. The molecule has 0 heterocycles. The van der Waals surface area contributed by atoms with E-state index in [1.807, 2.05) is 30.3 Å². The molecule has 1 aromatic rings. The number of nitrogens with two attached hydrogens (primary N) is 1. The Balaban J connectivity index is 2.42. The third-order valence-corrected chi connectivity index (χ3v) is 3.00. The first-order valence-corrected chi connectivity index (χ1v) is 5.31. The molecule has 1 atom stereocenters. The Kier molecular flexibility index (Phi) is 2.79. The van der Waals surface area contributed by atoms with Crippen LogP contribution in [0.4, 0.5) is 0 Å². The quantitative estimate of drug-likeness (QED) is 0.821. The van der Waals surface area contributed by atoms with E-state index in [2.05, 4.69) is 0 Å². The maximum Gasteiger partial charge on any atom is 0.179 e. The molecule has 2 rings (SSSR count). The molecule has 0 bridgehead atoms. The van der Waals surface area contributed by atoms with Gasteiger partial charge in [-0.25, -0.2) is 0 Å². The minimum atomic E-state index is -0.886. The first-order chi connectivity index (χ1) is 7.66. The molecule has 0 spiro atoms. The zero-order valence-electron chi connectivity index (χ0n) is 9.27. The summed E-state index contributed by atoms with van der Waals surface area (Å²) in [5, 5.41) is 0. The number of ether oxygens (including phenoxy) is 1. The van der Waals surface area contributed by atoms with Gasteiger partial charge in [0, 0.05) is 0 Å². The number of methoxy groups -OCH3 is 1. The molecule has 0 saturated heterocycles. The van der Waals surface area contributed by atoms with E-state index in [9.17, 15) is 4.79 Å². The van der Waals surface area contributed by atoms with Crippen molar-refractivity contribution in [2.24, 2.45) is 5.73 Å². The normalized spacial score (nSPS) is 24.5. The number of carbonyl (C=O) groups is 1. The van der Waals surface area contributed by atoms with Crippen molar-refractivity contribution in [2.75, 3.05) is 7.11 Å². The molecule has 3 heteroatoms. The van der Waals surface area contributed by atoms with E-state index in [1.54, 1.807) is 13.2 Å². The van der Waals surface area contributed by atoms with Crippen LogP contribution in [0, 0.1) is 0 Å². The summed E-state index contributed by atoms with van der Waals surface area (Å²) in [5.74, 6) is 0.691. The molecule has 0 fully saturated rings. The molecule has 0 saturated carbocycles. The van der Waals surface area contributed by atoms with E-state index >= 15 is 0 Å². The lowest BCUT2D eigenvalue weighted by Crippen LogP contribution is -2.45. The lowest BCUT2D eigenvalue weighted by molar-refractivity contribution is -0.120. The van der Waals surface area contributed by atoms with Gasteiger partial charge in [0.1, 0.15) is 11.3 Å². The number of rotatable bonds is 2. The molecule has 2 N–H and O–H groups in total. The van der Waals surface area contributed by atoms with Crippen LogP contribution in [-0.4, -0.2) is 12.9 Å². The molecule has 1 aliphatic rings. The van der Waals surface area contributed by atoms with Crippen molar-refractivity contribution in [1.29, 1.82) is 0 Å². The average molecular weight is 217 g/mol. The van der Waals surface area contributed by atoms with Crippen LogP contribution in [0.2, 0.25) is 0 Å². The van der Waals surface area contributed by atoms with E-state index in [1.165, 1.54) is 0 Å². The standard InChI is InChI=1S/C13H15NO2/c1-16-11-6-4-5-10(9-11)13(14)8-3-2-7-12(13)15/h2,4-7,9H,3,8,14H2,1H3/t13-/m1/s1. The molecular weight excluding hydrogens is 202 g/mol. The predicted molar refractivity (Wildman–Crippen MR) is 62.2 cm³/mol. The summed E-state index contributed by atoms with van der Waals surface area (Å²) in [6.07, 6.45) is 4.92. The highest BCUT2D eigenvalue weighted by Gasteiger charge is 2.35. The van der Waals surface area contributed by atoms with Crippen LogP contribution in [0.15, 0.2) is 36.4 Å². The van der Waals surface area contributed by atoms with Crippen LogP contribution in [0.3, 0.4) is 0 Å². The van der Waals surface area contributed by atoms with Gasteiger partial charge in [0.2, 0.25) is 0 Å². The predicted octanol–water partition coefficient (Wildman–Crippen LogP) is 1.77. The van der Waals surface area contributed by atoms with Crippen molar-refractivity contribution in [3.63, 3.8) is 0 Å². The topological polar surface area (TPSA) is 52.3 Å². The largest absolute Gasteiger partial charge is 0.497 e. The van der Waals surface area contributed by atoms with E-state index in [4.69, 9.17) is 10.5 Å². The maximum atomic E-state index is 11.9. The van der Waals surface area contributed by atoms with Crippen LogP contribution >= 0.6 is 0 Å². The van der Waals surface area contributed by atoms with Crippen LogP contribution < -0.4 is 10.5 Å². The van der Waals surface area contributed by atoms with Gasteiger partial charge in [-0.1, -0.05) is 18.2 Å². The lowest BCUT2D eigenvalue weighted by atomic mass is 9.79. The molecule has 0 radical (unpaired) electrons. The minimum Gasteiger partial charge on any atom is -0.497 e. The van der Waals surface area contributed by atoms with Gasteiger partial charge in [-0.3, -0.25) is 4.79 Å². The zero-order chi connectivity index (χ0) is 11.6. The highest BCUT2D eigenvalue weighted by Crippen LogP contribution is 2.30. The second-order valence-electron chi connectivity index (χ2n) is 4.01. The van der Waals surface area contributed by atoms with Gasteiger partial charge in [0.05, 0.1) is 7.11 Å². The van der Waals surface area contributed by atoms with E-state index in [0.717, 1.165) is 17.7 Å². The Hall–Kier alpha value is -1.61. The summed E-state index contributed by atoms with van der Waals surface area (Å²) in [6, 6.07) is 7.40. The Labute approximate surface area is 94.9 Å². The molecule has 84 valence electrons. The fraction of sp³-hybridized carbons (Fsp3) is 0.308. The first kappa shape index (κ1) is 10.9. The number of carbonyl (C=O) groups excluding carboxylic acids is 1. The van der Waals surface area contributed by atoms with Crippen molar-refractivity contribution in [3.8, 4) is 5.75 Å². The van der Waals surface area contributed by atoms with Crippen molar-refractivity contribution < 1.29 is 9.53 Å². The van der Waals surface area contributed by atoms with Crippen LogP contribution in [-0.2, 0) is 10.3 Å². The summed E-state index contributed by atoms with van der Waals surface area (Å²) >= 11 is 0. The number of allylic oxidation sites excluding steroid dienone is 1. The Morgan fingerprint density at radius 2 is 2.25 bits per heavy atom. The monoisotopic (exact) mass is 217 g/mol. The van der Waals surface area contributed by atoms with Gasteiger partial charge in [0.15, 0.2) is 5.78 Å². The number of benzene rings is 1. The van der Waals surface area contributed by atoms with Gasteiger partial charge < -0.3 is 10.5 Å². The summed E-state index contributed by atoms with van der Waals surface area (Å²) in [6.45, 7) is 0. The van der Waals surface area contributed by atoms with Crippen molar-refractivity contribution in [2.45, 2.75) is 18.4 Å².